The smallest absolute Gasteiger partial charge is 0.369 e. The highest BCUT2D eigenvalue weighted by atomic mass is 19.4. The van der Waals surface area contributed by atoms with Crippen LogP contribution in [0.5, 0.6) is 0 Å². The van der Waals surface area contributed by atoms with Crippen LogP contribution in [-0.2, 0) is 16.9 Å². The van der Waals surface area contributed by atoms with Crippen LogP contribution in [0.15, 0.2) is 48.7 Å². The molecule has 2 aromatic rings. The Kier molecular flexibility index (Phi) is 4.51. The van der Waals surface area contributed by atoms with Gasteiger partial charge in [0, 0.05) is 29.9 Å². The van der Waals surface area contributed by atoms with Gasteiger partial charge in [-0.15, -0.1) is 0 Å². The minimum atomic E-state index is -5.14. The highest BCUT2D eigenvalue weighted by Crippen LogP contribution is 2.40. The summed E-state index contributed by atoms with van der Waals surface area (Å²) in [6.45, 7) is -0.119. The van der Waals surface area contributed by atoms with Crippen LogP contribution in [0, 0.1) is 0 Å². The first-order valence-corrected chi connectivity index (χ1v) is 7.90. The summed E-state index contributed by atoms with van der Waals surface area (Å²) in [4.78, 5) is 16.4. The molecular formula is C18H17F3N2O2. The van der Waals surface area contributed by atoms with Crippen molar-refractivity contribution in [2.24, 2.45) is 0 Å². The van der Waals surface area contributed by atoms with Crippen molar-refractivity contribution >= 4 is 5.91 Å². The fraction of sp³-hybridized carbons (Fsp3) is 0.333. The lowest BCUT2D eigenvalue weighted by Gasteiger charge is -2.29. The molecule has 3 rings (SSSR count). The van der Waals surface area contributed by atoms with Gasteiger partial charge in [-0.05, 0) is 30.5 Å². The van der Waals surface area contributed by atoms with Crippen molar-refractivity contribution in [3.63, 3.8) is 0 Å². The molecule has 1 amide bonds. The van der Waals surface area contributed by atoms with Crippen molar-refractivity contribution < 1.29 is 23.1 Å². The maximum Gasteiger partial charge on any atom is 0.430 e. The molecule has 0 saturated heterocycles. The normalized spacial score (nSPS) is 17.0. The molecule has 1 fully saturated rings. The number of benzene rings is 1. The first-order chi connectivity index (χ1) is 11.8. The van der Waals surface area contributed by atoms with E-state index in [0.717, 1.165) is 30.7 Å². The molecule has 1 aromatic carbocycles. The molecule has 0 aliphatic heterocycles. The molecule has 1 atom stereocenters. The highest BCUT2D eigenvalue weighted by molar-refractivity contribution is 5.87. The zero-order valence-electron chi connectivity index (χ0n) is 13.3. The lowest BCUT2D eigenvalue weighted by atomic mass is 9.92. The van der Waals surface area contributed by atoms with Gasteiger partial charge < -0.3 is 10.4 Å². The van der Waals surface area contributed by atoms with Crippen molar-refractivity contribution in [3.8, 4) is 0 Å². The number of hydrogen-bond acceptors (Lipinski definition) is 3. The van der Waals surface area contributed by atoms with E-state index in [2.05, 4.69) is 10.3 Å². The lowest BCUT2D eigenvalue weighted by Crippen LogP contribution is -2.54. The van der Waals surface area contributed by atoms with Crippen LogP contribution in [0.2, 0.25) is 0 Å². The van der Waals surface area contributed by atoms with Crippen LogP contribution in [0.25, 0.3) is 0 Å². The van der Waals surface area contributed by atoms with E-state index in [1.807, 2.05) is 0 Å². The van der Waals surface area contributed by atoms with Gasteiger partial charge in [0.2, 0.25) is 0 Å². The van der Waals surface area contributed by atoms with Gasteiger partial charge >= 0.3 is 6.18 Å². The molecule has 132 valence electrons. The standard InChI is InChI=1S/C18H17F3N2O2/c19-18(20,21)17(25,14-4-2-1-3-5-14)16(24)23-11-12-8-9-22-15(10-12)13-6-7-13/h1-5,8-10,13,25H,6-7,11H2,(H,23,24)/t17-/m0/s1. The summed E-state index contributed by atoms with van der Waals surface area (Å²) in [7, 11) is 0. The van der Waals surface area contributed by atoms with E-state index in [1.165, 1.54) is 18.2 Å². The molecule has 2 N–H and O–H groups in total. The molecule has 1 heterocycles. The first kappa shape index (κ1) is 17.4. The van der Waals surface area contributed by atoms with Crippen LogP contribution < -0.4 is 5.32 Å². The van der Waals surface area contributed by atoms with E-state index in [1.54, 1.807) is 18.3 Å². The number of carbonyl (C=O) groups excluding carboxylic acids is 1. The van der Waals surface area contributed by atoms with E-state index < -0.39 is 23.2 Å². The molecule has 4 nitrogen and oxygen atoms in total. The molecule has 1 saturated carbocycles. The number of halogens is 3. The Morgan fingerprint density at radius 1 is 1.20 bits per heavy atom. The molecule has 0 radical (unpaired) electrons. The maximum absolute atomic E-state index is 13.4. The molecule has 0 unspecified atom stereocenters. The van der Waals surface area contributed by atoms with Gasteiger partial charge in [-0.1, -0.05) is 30.3 Å². The van der Waals surface area contributed by atoms with Gasteiger partial charge in [-0.3, -0.25) is 9.78 Å². The number of rotatable bonds is 5. The predicted octanol–water partition coefficient (Wildman–Crippen LogP) is 3.03. The first-order valence-electron chi connectivity index (χ1n) is 7.90. The summed E-state index contributed by atoms with van der Waals surface area (Å²) in [6, 6.07) is 9.73. The van der Waals surface area contributed by atoms with E-state index >= 15 is 0 Å². The Morgan fingerprint density at radius 2 is 1.88 bits per heavy atom. The van der Waals surface area contributed by atoms with Crippen molar-refractivity contribution in [3.05, 3.63) is 65.5 Å². The number of nitrogens with zero attached hydrogens (tertiary/aromatic N) is 1. The van der Waals surface area contributed by atoms with E-state index in [9.17, 15) is 23.1 Å². The second kappa shape index (κ2) is 6.48. The van der Waals surface area contributed by atoms with Crippen molar-refractivity contribution in [2.75, 3.05) is 0 Å². The number of amides is 1. The van der Waals surface area contributed by atoms with Crippen molar-refractivity contribution in [2.45, 2.75) is 37.1 Å². The van der Waals surface area contributed by atoms with E-state index in [-0.39, 0.29) is 6.54 Å². The van der Waals surface area contributed by atoms with Crippen molar-refractivity contribution in [1.29, 1.82) is 0 Å². The summed E-state index contributed by atoms with van der Waals surface area (Å²) >= 11 is 0. The monoisotopic (exact) mass is 350 g/mol. The van der Waals surface area contributed by atoms with Crippen LogP contribution in [0.4, 0.5) is 13.2 Å². The summed E-state index contributed by atoms with van der Waals surface area (Å²) in [6.07, 6.45) is -1.48. The zero-order valence-corrected chi connectivity index (χ0v) is 13.3. The van der Waals surface area contributed by atoms with Gasteiger partial charge in [-0.25, -0.2) is 0 Å². The zero-order chi connectivity index (χ0) is 18.1. The number of nitrogens with one attached hydrogen (secondary N) is 1. The Balaban J connectivity index is 1.78. The minimum Gasteiger partial charge on any atom is -0.369 e. The van der Waals surface area contributed by atoms with Crippen LogP contribution >= 0.6 is 0 Å². The van der Waals surface area contributed by atoms with Gasteiger partial charge in [-0.2, -0.15) is 13.2 Å². The van der Waals surface area contributed by atoms with Crippen LogP contribution in [0.1, 0.15) is 35.6 Å². The largest absolute Gasteiger partial charge is 0.430 e. The third kappa shape index (κ3) is 3.51. The number of aliphatic hydroxyl groups is 1. The molecule has 25 heavy (non-hydrogen) atoms. The quantitative estimate of drug-likeness (QED) is 0.871. The third-order valence-corrected chi connectivity index (χ3v) is 4.22. The number of carbonyl (C=O) groups is 1. The fourth-order valence-electron chi connectivity index (χ4n) is 2.62. The fourth-order valence-corrected chi connectivity index (χ4v) is 2.62. The Labute approximate surface area is 142 Å². The SMILES string of the molecule is O=C(NCc1ccnc(C2CC2)c1)[C@@](O)(c1ccccc1)C(F)(F)F. The number of pyridine rings is 1. The summed E-state index contributed by atoms with van der Waals surface area (Å²) in [5, 5.41) is 12.4. The second-order valence-corrected chi connectivity index (χ2v) is 6.12. The third-order valence-electron chi connectivity index (χ3n) is 4.22. The van der Waals surface area contributed by atoms with Crippen LogP contribution in [-0.4, -0.2) is 22.2 Å². The minimum absolute atomic E-state index is 0.119. The maximum atomic E-state index is 13.4. The molecule has 7 heteroatoms. The van der Waals surface area contributed by atoms with Gasteiger partial charge in [0.1, 0.15) is 0 Å². The van der Waals surface area contributed by atoms with Crippen LogP contribution in [0.3, 0.4) is 0 Å². The van der Waals surface area contributed by atoms with Gasteiger partial charge in [0.05, 0.1) is 0 Å². The summed E-state index contributed by atoms with van der Waals surface area (Å²) < 4.78 is 40.3. The average molecular weight is 350 g/mol. The molecule has 0 bridgehead atoms. The highest BCUT2D eigenvalue weighted by Gasteiger charge is 2.60. The van der Waals surface area contributed by atoms with E-state index in [0.29, 0.717) is 11.5 Å². The number of hydrogen-bond donors (Lipinski definition) is 2. The molecule has 0 spiro atoms. The van der Waals surface area contributed by atoms with Gasteiger partial charge in [0.25, 0.3) is 11.5 Å². The molecule has 1 aliphatic carbocycles. The molecule has 1 aromatic heterocycles. The van der Waals surface area contributed by atoms with E-state index in [4.69, 9.17) is 0 Å². The summed E-state index contributed by atoms with van der Waals surface area (Å²) in [5.74, 6) is -1.11. The average Bonchev–Trinajstić information content (AvgIpc) is 3.44. The number of aromatic nitrogens is 1. The molecule has 1 aliphatic rings. The molecular weight excluding hydrogens is 333 g/mol. The predicted molar refractivity (Wildman–Crippen MR) is 84.5 cm³/mol. The Morgan fingerprint density at radius 3 is 2.48 bits per heavy atom. The Bertz CT molecular complexity index is 760. The topological polar surface area (TPSA) is 62.2 Å². The summed E-state index contributed by atoms with van der Waals surface area (Å²) in [5.41, 5.74) is -2.60. The Hall–Kier alpha value is -2.41. The lowest BCUT2D eigenvalue weighted by molar-refractivity contribution is -0.257. The van der Waals surface area contributed by atoms with Crippen molar-refractivity contribution in [1.82, 2.24) is 10.3 Å². The second-order valence-electron chi connectivity index (χ2n) is 6.12. The number of alkyl halides is 3. The van der Waals surface area contributed by atoms with Gasteiger partial charge in [0.15, 0.2) is 0 Å².